The van der Waals surface area contributed by atoms with Gasteiger partial charge in [-0.3, -0.25) is 0 Å². The number of fused-ring (bicyclic) bond motifs is 3. The molecule has 0 fully saturated rings. The molecule has 0 saturated heterocycles. The van der Waals surface area contributed by atoms with Gasteiger partial charge in [0, 0.05) is 32.0 Å². The zero-order chi connectivity index (χ0) is 42.2. The Morgan fingerprint density at radius 2 is 0.781 bits per heavy atom. The van der Waals surface area contributed by atoms with Crippen LogP contribution < -0.4 is 20.7 Å². The summed E-state index contributed by atoms with van der Waals surface area (Å²) < 4.78 is 2.68. The van der Waals surface area contributed by atoms with E-state index >= 15 is 0 Å². The SMILES string of the molecule is c1ccc(-c2cccc([Si](c3ccccc3)(c3cccc(-c4ccccc4)c3)c3cccc4c3C3c5ccccc5C4c4cccc(-c5cccc6sc7ccccc7c56)c43)c2)cc1. The van der Waals surface area contributed by atoms with Crippen LogP contribution in [0.2, 0.25) is 0 Å². The first kappa shape index (κ1) is 37.2. The molecular weight excluding hydrogens is 805 g/mol. The van der Waals surface area contributed by atoms with Crippen molar-refractivity contribution in [3.05, 3.63) is 276 Å². The molecule has 3 aliphatic carbocycles. The standard InChI is InChI=1S/C62H42SSi/c1-4-19-41(20-5-1)43-23-14-27-46(39-43)64(45-25-8-3-9-26-45,47-28-15-24-44(40-47)42-21-6-2-7-22-42)57-38-18-35-54-58-48-29-10-11-30-51(48)62(61(54)57)60-50(32-16-34-53(58)60)49-33-17-37-56-59(49)52-31-12-13-36-55(52)63-56/h1-40,58,62H. The van der Waals surface area contributed by atoms with Crippen LogP contribution in [0.25, 0.3) is 53.6 Å². The number of hydrogen-bond donors (Lipinski definition) is 0. The molecule has 0 radical (unpaired) electrons. The highest BCUT2D eigenvalue weighted by Gasteiger charge is 2.50. The molecule has 1 heterocycles. The van der Waals surface area contributed by atoms with E-state index < -0.39 is 8.07 Å². The smallest absolute Gasteiger partial charge is 0.135 e. The van der Waals surface area contributed by atoms with Crippen molar-refractivity contribution in [2.45, 2.75) is 11.8 Å². The van der Waals surface area contributed by atoms with Crippen molar-refractivity contribution in [2.24, 2.45) is 0 Å². The lowest BCUT2D eigenvalue weighted by Gasteiger charge is -2.47. The van der Waals surface area contributed by atoms with Gasteiger partial charge in [-0.15, -0.1) is 11.3 Å². The zero-order valence-corrected chi connectivity index (χ0v) is 37.0. The molecule has 3 aliphatic rings. The Balaban J connectivity index is 1.15. The normalized spacial score (nSPS) is 14.9. The van der Waals surface area contributed by atoms with E-state index in [0.717, 1.165) is 0 Å². The van der Waals surface area contributed by atoms with Gasteiger partial charge in [0.1, 0.15) is 0 Å². The molecule has 0 N–H and O–H groups in total. The first-order valence-corrected chi connectivity index (χ1v) is 25.2. The minimum absolute atomic E-state index is 0.0314. The molecule has 0 saturated carbocycles. The van der Waals surface area contributed by atoms with Gasteiger partial charge in [-0.05, 0) is 99.6 Å². The minimum Gasteiger partial charge on any atom is -0.135 e. The molecule has 2 unspecified atom stereocenters. The van der Waals surface area contributed by atoms with Crippen molar-refractivity contribution in [1.29, 1.82) is 0 Å². The molecule has 1 aromatic heterocycles. The average Bonchev–Trinajstić information content (AvgIpc) is 3.77. The fraction of sp³-hybridized carbons (Fsp3) is 0.0323. The Morgan fingerprint density at radius 1 is 0.312 bits per heavy atom. The highest BCUT2D eigenvalue weighted by Crippen LogP contribution is 2.58. The van der Waals surface area contributed by atoms with E-state index in [4.69, 9.17) is 0 Å². The molecule has 0 spiro atoms. The lowest BCUT2D eigenvalue weighted by atomic mass is 9.60. The summed E-state index contributed by atoms with van der Waals surface area (Å²) in [6.07, 6.45) is 0. The van der Waals surface area contributed by atoms with Gasteiger partial charge >= 0.3 is 0 Å². The van der Waals surface area contributed by atoms with Gasteiger partial charge < -0.3 is 0 Å². The fourth-order valence-corrected chi connectivity index (χ4v) is 17.9. The van der Waals surface area contributed by atoms with Gasteiger partial charge in [0.05, 0.1) is 0 Å². The van der Waals surface area contributed by atoms with E-state index in [1.807, 2.05) is 11.3 Å². The minimum atomic E-state index is -3.15. The molecule has 0 amide bonds. The van der Waals surface area contributed by atoms with Crippen molar-refractivity contribution in [2.75, 3.05) is 0 Å². The van der Waals surface area contributed by atoms with Crippen LogP contribution in [0.5, 0.6) is 0 Å². The van der Waals surface area contributed by atoms with Gasteiger partial charge in [0.2, 0.25) is 0 Å². The average molecular weight is 847 g/mol. The van der Waals surface area contributed by atoms with Gasteiger partial charge in [-0.1, -0.05) is 231 Å². The summed E-state index contributed by atoms with van der Waals surface area (Å²) in [5.41, 5.74) is 16.3. The van der Waals surface area contributed by atoms with Crippen molar-refractivity contribution >= 4 is 60.3 Å². The van der Waals surface area contributed by atoms with Crippen molar-refractivity contribution in [3.63, 3.8) is 0 Å². The molecule has 300 valence electrons. The van der Waals surface area contributed by atoms with Crippen LogP contribution in [0.3, 0.4) is 0 Å². The Kier molecular flexibility index (Phi) is 8.65. The number of thiophene rings is 1. The second-order valence-corrected chi connectivity index (χ2v) is 22.3. The van der Waals surface area contributed by atoms with Crippen LogP contribution in [-0.2, 0) is 0 Å². The Bertz CT molecular complexity index is 3490. The van der Waals surface area contributed by atoms with E-state index in [-0.39, 0.29) is 11.8 Å². The molecule has 2 heteroatoms. The predicted molar refractivity (Wildman–Crippen MR) is 274 cm³/mol. The summed E-state index contributed by atoms with van der Waals surface area (Å²) >= 11 is 1.90. The second kappa shape index (κ2) is 14.9. The fourth-order valence-electron chi connectivity index (χ4n) is 11.6. The van der Waals surface area contributed by atoms with Crippen molar-refractivity contribution < 1.29 is 0 Å². The molecular formula is C62H42SSi. The summed E-state index contributed by atoms with van der Waals surface area (Å²) in [6.45, 7) is 0. The van der Waals surface area contributed by atoms with Crippen molar-refractivity contribution in [1.82, 2.24) is 0 Å². The molecule has 14 rings (SSSR count). The second-order valence-electron chi connectivity index (χ2n) is 17.4. The molecule has 2 bridgehead atoms. The quantitative estimate of drug-likeness (QED) is 0.111. The van der Waals surface area contributed by atoms with E-state index in [2.05, 4.69) is 243 Å². The van der Waals surface area contributed by atoms with E-state index in [9.17, 15) is 0 Å². The summed E-state index contributed by atoms with van der Waals surface area (Å²) in [5, 5.41) is 8.33. The molecule has 64 heavy (non-hydrogen) atoms. The third-order valence-electron chi connectivity index (χ3n) is 14.2. The zero-order valence-electron chi connectivity index (χ0n) is 35.2. The molecule has 10 aromatic carbocycles. The Labute approximate surface area is 379 Å². The third kappa shape index (κ3) is 5.53. The maximum absolute atomic E-state index is 3.15. The molecule has 0 aliphatic heterocycles. The van der Waals surface area contributed by atoms with Crippen LogP contribution in [0, 0.1) is 0 Å². The van der Waals surface area contributed by atoms with Crippen LogP contribution in [0.1, 0.15) is 45.2 Å². The lowest BCUT2D eigenvalue weighted by molar-refractivity contribution is 0.760. The predicted octanol–water partition coefficient (Wildman–Crippen LogP) is 13.4. The van der Waals surface area contributed by atoms with Crippen LogP contribution >= 0.6 is 11.3 Å². The summed E-state index contributed by atoms with van der Waals surface area (Å²) in [6, 6.07) is 92.3. The summed E-state index contributed by atoms with van der Waals surface area (Å²) in [5.74, 6) is 0.141. The van der Waals surface area contributed by atoms with Crippen molar-refractivity contribution in [3.8, 4) is 33.4 Å². The molecule has 2 atom stereocenters. The van der Waals surface area contributed by atoms with Gasteiger partial charge in [0.25, 0.3) is 0 Å². The van der Waals surface area contributed by atoms with Gasteiger partial charge in [0.15, 0.2) is 8.07 Å². The molecule has 11 aromatic rings. The summed E-state index contributed by atoms with van der Waals surface area (Å²) in [4.78, 5) is 0. The molecule has 0 nitrogen and oxygen atoms in total. The number of benzene rings is 10. The van der Waals surface area contributed by atoms with Crippen LogP contribution in [0.15, 0.2) is 243 Å². The van der Waals surface area contributed by atoms with Crippen LogP contribution in [-0.4, -0.2) is 8.07 Å². The highest BCUT2D eigenvalue weighted by molar-refractivity contribution is 7.26. The largest absolute Gasteiger partial charge is 0.179 e. The van der Waals surface area contributed by atoms with E-state index in [0.29, 0.717) is 0 Å². The maximum Gasteiger partial charge on any atom is 0.179 e. The number of rotatable bonds is 7. The van der Waals surface area contributed by atoms with Gasteiger partial charge in [-0.25, -0.2) is 0 Å². The first-order chi connectivity index (χ1) is 31.8. The highest BCUT2D eigenvalue weighted by atomic mass is 32.1. The Morgan fingerprint density at radius 3 is 1.47 bits per heavy atom. The monoisotopic (exact) mass is 846 g/mol. The lowest BCUT2D eigenvalue weighted by Crippen LogP contribution is -2.75. The maximum atomic E-state index is 2.53. The van der Waals surface area contributed by atoms with E-state index in [1.54, 1.807) is 0 Å². The topological polar surface area (TPSA) is 0 Å². The Hall–Kier alpha value is -7.36. The van der Waals surface area contributed by atoms with Crippen LogP contribution in [0.4, 0.5) is 0 Å². The summed E-state index contributed by atoms with van der Waals surface area (Å²) in [7, 11) is -3.15. The number of hydrogen-bond acceptors (Lipinski definition) is 1. The first-order valence-electron chi connectivity index (χ1n) is 22.4. The third-order valence-corrected chi connectivity index (χ3v) is 20.1. The van der Waals surface area contributed by atoms with Gasteiger partial charge in [-0.2, -0.15) is 0 Å². The van der Waals surface area contributed by atoms with E-state index in [1.165, 1.54) is 108 Å².